The van der Waals surface area contributed by atoms with Crippen LogP contribution in [0.15, 0.2) is 36.5 Å². The van der Waals surface area contributed by atoms with E-state index in [1.54, 1.807) is 24.0 Å². The zero-order valence-electron chi connectivity index (χ0n) is 13.4. The molecule has 1 heterocycles. The predicted molar refractivity (Wildman–Crippen MR) is 94.1 cm³/mol. The second-order valence-electron chi connectivity index (χ2n) is 4.71. The molecule has 1 amide bonds. The number of nitrogens with zero attached hydrogens (tertiary/aromatic N) is 2. The minimum absolute atomic E-state index is 0. The molecular formula is C16H20CuN3O3S. The van der Waals surface area contributed by atoms with E-state index in [1.807, 2.05) is 30.5 Å². The summed E-state index contributed by atoms with van der Waals surface area (Å²) >= 11 is 1.67. The summed E-state index contributed by atoms with van der Waals surface area (Å²) in [7, 11) is 0. The molecular weight excluding hydrogens is 378 g/mol. The number of para-hydroxylation sites is 1. The number of amides is 1. The minimum atomic E-state index is -0.833. The van der Waals surface area contributed by atoms with E-state index < -0.39 is 12.0 Å². The summed E-state index contributed by atoms with van der Waals surface area (Å²) in [5.74, 6) is -0.261. The van der Waals surface area contributed by atoms with Crippen LogP contribution in [-0.2, 0) is 26.7 Å². The molecule has 3 N–H and O–H groups in total. The van der Waals surface area contributed by atoms with Crippen LogP contribution < -0.4 is 5.73 Å². The van der Waals surface area contributed by atoms with Crippen molar-refractivity contribution < 1.29 is 31.8 Å². The number of aliphatic carboxylic acids is 1. The molecule has 0 aliphatic heterocycles. The SMILES string of the molecule is CC(=O)O.CSCCC(N)C(=O)[N-]c1cccc2cccnc12.[Cu+]. The van der Waals surface area contributed by atoms with Crippen LogP contribution in [0, 0.1) is 0 Å². The van der Waals surface area contributed by atoms with E-state index in [4.69, 9.17) is 15.6 Å². The van der Waals surface area contributed by atoms with Crippen molar-refractivity contribution in [1.82, 2.24) is 4.98 Å². The average Bonchev–Trinajstić information content (AvgIpc) is 2.52. The fraction of sp³-hybridized carbons (Fsp3) is 0.312. The van der Waals surface area contributed by atoms with Gasteiger partial charge in [0.2, 0.25) is 0 Å². The molecule has 0 radical (unpaired) electrons. The van der Waals surface area contributed by atoms with Gasteiger partial charge >= 0.3 is 17.1 Å². The maximum atomic E-state index is 11.9. The second kappa shape index (κ2) is 11.9. The molecule has 1 aromatic carbocycles. The Kier molecular flexibility index (Phi) is 11.1. The number of carboxylic acid groups (broad SMARTS) is 1. The van der Waals surface area contributed by atoms with Crippen molar-refractivity contribution in [3.05, 3.63) is 41.8 Å². The Labute approximate surface area is 156 Å². The second-order valence-corrected chi connectivity index (χ2v) is 5.69. The summed E-state index contributed by atoms with van der Waals surface area (Å²) < 4.78 is 0. The summed E-state index contributed by atoms with van der Waals surface area (Å²) in [5, 5.41) is 12.5. The van der Waals surface area contributed by atoms with Gasteiger partial charge in [0, 0.05) is 19.2 Å². The first-order valence-electron chi connectivity index (χ1n) is 6.99. The van der Waals surface area contributed by atoms with Crippen molar-refractivity contribution >= 4 is 40.2 Å². The minimum Gasteiger partial charge on any atom is -0.624 e. The topological polar surface area (TPSA) is 107 Å². The molecule has 0 saturated heterocycles. The number of carbonyl (C=O) groups is 2. The van der Waals surface area contributed by atoms with E-state index in [-0.39, 0.29) is 23.0 Å². The van der Waals surface area contributed by atoms with E-state index >= 15 is 0 Å². The van der Waals surface area contributed by atoms with Crippen molar-refractivity contribution in [3.63, 3.8) is 0 Å². The summed E-state index contributed by atoms with van der Waals surface area (Å²) in [6.45, 7) is 1.08. The Bertz CT molecular complexity index is 661. The molecule has 0 aliphatic rings. The molecule has 1 unspecified atom stereocenters. The van der Waals surface area contributed by atoms with Gasteiger partial charge in [-0.3, -0.25) is 9.78 Å². The first-order valence-corrected chi connectivity index (χ1v) is 8.38. The van der Waals surface area contributed by atoms with Crippen LogP contribution in [0.4, 0.5) is 5.69 Å². The Morgan fingerprint density at radius 3 is 2.58 bits per heavy atom. The smallest absolute Gasteiger partial charge is 0.624 e. The van der Waals surface area contributed by atoms with Gasteiger partial charge in [-0.15, -0.1) is 5.69 Å². The van der Waals surface area contributed by atoms with Crippen LogP contribution in [-0.4, -0.2) is 40.0 Å². The summed E-state index contributed by atoms with van der Waals surface area (Å²) in [6, 6.07) is 8.86. The Balaban J connectivity index is 0.000000954. The number of aromatic nitrogens is 1. The molecule has 24 heavy (non-hydrogen) atoms. The number of fused-ring (bicyclic) bond motifs is 1. The molecule has 1 aromatic heterocycles. The molecule has 2 aromatic rings. The quantitative estimate of drug-likeness (QED) is 0.751. The van der Waals surface area contributed by atoms with Crippen molar-refractivity contribution in [3.8, 4) is 0 Å². The summed E-state index contributed by atoms with van der Waals surface area (Å²) in [6.07, 6.45) is 4.32. The van der Waals surface area contributed by atoms with Crippen LogP contribution >= 0.6 is 11.8 Å². The zero-order valence-corrected chi connectivity index (χ0v) is 15.2. The van der Waals surface area contributed by atoms with Crippen LogP contribution in [0.3, 0.4) is 0 Å². The third-order valence-electron chi connectivity index (χ3n) is 2.79. The van der Waals surface area contributed by atoms with Gasteiger partial charge in [0.1, 0.15) is 0 Å². The molecule has 0 bridgehead atoms. The van der Waals surface area contributed by atoms with Crippen molar-refractivity contribution in [2.45, 2.75) is 19.4 Å². The largest absolute Gasteiger partial charge is 1.00 e. The van der Waals surface area contributed by atoms with Crippen molar-refractivity contribution in [1.29, 1.82) is 0 Å². The fourth-order valence-corrected chi connectivity index (χ4v) is 2.24. The van der Waals surface area contributed by atoms with E-state index in [2.05, 4.69) is 10.3 Å². The maximum absolute atomic E-state index is 11.9. The van der Waals surface area contributed by atoms with Gasteiger partial charge in [0.25, 0.3) is 5.97 Å². The molecule has 8 heteroatoms. The Morgan fingerprint density at radius 2 is 1.96 bits per heavy atom. The molecule has 0 spiro atoms. The number of benzene rings is 1. The van der Waals surface area contributed by atoms with E-state index in [1.165, 1.54) is 0 Å². The zero-order chi connectivity index (χ0) is 17.2. The molecule has 0 aliphatic carbocycles. The van der Waals surface area contributed by atoms with E-state index in [9.17, 15) is 4.79 Å². The van der Waals surface area contributed by atoms with Crippen LogP contribution in [0.2, 0.25) is 0 Å². The summed E-state index contributed by atoms with van der Waals surface area (Å²) in [5.41, 5.74) is 7.14. The van der Waals surface area contributed by atoms with Crippen LogP contribution in [0.5, 0.6) is 0 Å². The van der Waals surface area contributed by atoms with Gasteiger partial charge in [-0.2, -0.15) is 11.8 Å². The Morgan fingerprint density at radius 1 is 1.33 bits per heavy atom. The first kappa shape index (κ1) is 22.4. The number of pyridine rings is 1. The first-order chi connectivity index (χ1) is 11.0. The third-order valence-corrected chi connectivity index (χ3v) is 3.44. The van der Waals surface area contributed by atoms with E-state index in [0.717, 1.165) is 23.6 Å². The standard InChI is InChI=1S/C14H17N3OS.C2H4O2.Cu/c1-19-9-7-11(15)14(18)17-12-6-2-4-10-5-3-8-16-13(10)12;1-2(3)4;/h2-6,8,11H,7,9,15H2,1H3,(H,17,18);1H3,(H,3,4);/q;;+1/p-1. The van der Waals surface area contributed by atoms with Gasteiger partial charge in [-0.25, -0.2) is 0 Å². The molecule has 6 nitrogen and oxygen atoms in total. The molecule has 2 rings (SSSR count). The monoisotopic (exact) mass is 397 g/mol. The van der Waals surface area contributed by atoms with Gasteiger partial charge in [-0.05, 0) is 29.9 Å². The predicted octanol–water partition coefficient (Wildman–Crippen LogP) is 2.94. The molecule has 0 saturated carbocycles. The van der Waals surface area contributed by atoms with Gasteiger partial charge in [-0.1, -0.05) is 24.3 Å². The summed E-state index contributed by atoms with van der Waals surface area (Å²) in [4.78, 5) is 25.2. The number of nitrogens with two attached hydrogens (primary N) is 1. The maximum Gasteiger partial charge on any atom is 1.00 e. The van der Waals surface area contributed by atoms with Crippen LogP contribution in [0.25, 0.3) is 16.2 Å². The van der Waals surface area contributed by atoms with E-state index in [0.29, 0.717) is 12.1 Å². The Hall–Kier alpha value is -1.60. The molecule has 1 atom stereocenters. The van der Waals surface area contributed by atoms with Crippen LogP contribution in [0.1, 0.15) is 13.3 Å². The number of carbonyl (C=O) groups excluding carboxylic acids is 1. The van der Waals surface area contributed by atoms with Gasteiger partial charge in [0.15, 0.2) is 0 Å². The normalized spacial score (nSPS) is 10.8. The number of thioether (sulfide) groups is 1. The third kappa shape index (κ3) is 7.79. The number of carboxylic acids is 1. The number of hydrogen-bond donors (Lipinski definition) is 2. The van der Waals surface area contributed by atoms with Crippen molar-refractivity contribution in [2.24, 2.45) is 5.73 Å². The number of hydrogen-bond acceptors (Lipinski definition) is 5. The van der Waals surface area contributed by atoms with Gasteiger partial charge in [0.05, 0.1) is 11.4 Å². The number of rotatable bonds is 5. The average molecular weight is 398 g/mol. The van der Waals surface area contributed by atoms with Gasteiger partial charge < -0.3 is 21.0 Å². The molecule has 134 valence electrons. The fourth-order valence-electron chi connectivity index (χ4n) is 1.75. The molecule has 0 fully saturated rings. The van der Waals surface area contributed by atoms with Crippen molar-refractivity contribution in [2.75, 3.05) is 12.0 Å².